The van der Waals surface area contributed by atoms with Crippen LogP contribution in [-0.4, -0.2) is 28.2 Å². The van der Waals surface area contributed by atoms with Gasteiger partial charge in [0.15, 0.2) is 0 Å². The molecule has 0 bridgehead atoms. The number of nitrogens with one attached hydrogen (secondary N) is 1. The van der Waals surface area contributed by atoms with Crippen molar-refractivity contribution in [3.8, 4) is 0 Å². The molecule has 0 amide bonds. The maximum Gasteiger partial charge on any atom is 0.223 e. The van der Waals surface area contributed by atoms with Gasteiger partial charge in [0.05, 0.1) is 0 Å². The number of aromatic nitrogens is 2. The predicted molar refractivity (Wildman–Crippen MR) is 80.8 cm³/mol. The fraction of sp³-hybridized carbons (Fsp3) is 0.286. The van der Waals surface area contributed by atoms with Crippen molar-refractivity contribution >= 4 is 23.4 Å². The summed E-state index contributed by atoms with van der Waals surface area (Å²) in [7, 11) is 0. The molecule has 0 aliphatic heterocycles. The number of halogens is 1. The van der Waals surface area contributed by atoms with Gasteiger partial charge in [-0.2, -0.15) is 4.98 Å². The average Bonchev–Trinajstić information content (AvgIpc) is 2.43. The minimum absolute atomic E-state index is 0.133. The number of aliphatic hydroxyl groups is 1. The monoisotopic (exact) mass is 292 g/mol. The Morgan fingerprint density at radius 3 is 2.65 bits per heavy atom. The van der Waals surface area contributed by atoms with Crippen LogP contribution < -0.4 is 11.1 Å². The molecule has 6 heteroatoms. The van der Waals surface area contributed by atoms with Crippen LogP contribution in [0.4, 0.5) is 11.8 Å². The second kappa shape index (κ2) is 7.07. The van der Waals surface area contributed by atoms with Crippen molar-refractivity contribution < 1.29 is 5.11 Å². The Morgan fingerprint density at radius 2 is 2.00 bits per heavy atom. The van der Waals surface area contributed by atoms with Crippen molar-refractivity contribution in [2.75, 3.05) is 24.2 Å². The highest BCUT2D eigenvalue weighted by Crippen LogP contribution is 2.20. The van der Waals surface area contributed by atoms with Crippen molar-refractivity contribution in [1.29, 1.82) is 0 Å². The number of rotatable bonds is 6. The Labute approximate surface area is 122 Å². The van der Waals surface area contributed by atoms with E-state index in [2.05, 4.69) is 15.3 Å². The van der Waals surface area contributed by atoms with Crippen LogP contribution in [0.15, 0.2) is 36.4 Å². The molecule has 106 valence electrons. The topological polar surface area (TPSA) is 84.1 Å². The van der Waals surface area contributed by atoms with E-state index in [-0.39, 0.29) is 18.5 Å². The number of nitrogens with two attached hydrogens (primary N) is 1. The Morgan fingerprint density at radius 1 is 1.25 bits per heavy atom. The van der Waals surface area contributed by atoms with E-state index in [4.69, 9.17) is 17.3 Å². The van der Waals surface area contributed by atoms with Gasteiger partial charge in [-0.3, -0.25) is 0 Å². The highest BCUT2D eigenvalue weighted by molar-refractivity contribution is 6.29. The number of nitrogen functional groups attached to an aromatic ring is 1. The molecule has 5 nitrogen and oxygen atoms in total. The van der Waals surface area contributed by atoms with Gasteiger partial charge in [0.1, 0.15) is 11.0 Å². The van der Waals surface area contributed by atoms with Gasteiger partial charge in [-0.25, -0.2) is 4.98 Å². The van der Waals surface area contributed by atoms with E-state index in [1.807, 2.05) is 30.3 Å². The summed E-state index contributed by atoms with van der Waals surface area (Å²) in [5.41, 5.74) is 6.72. The summed E-state index contributed by atoms with van der Waals surface area (Å²) < 4.78 is 0. The summed E-state index contributed by atoms with van der Waals surface area (Å²) in [4.78, 5) is 7.88. The fourth-order valence-electron chi connectivity index (χ4n) is 2.02. The third kappa shape index (κ3) is 4.08. The van der Waals surface area contributed by atoms with Gasteiger partial charge in [-0.1, -0.05) is 41.9 Å². The maximum atomic E-state index is 9.19. The number of nitrogens with zero attached hydrogens (tertiary/aromatic N) is 2. The van der Waals surface area contributed by atoms with Gasteiger partial charge in [-0.15, -0.1) is 0 Å². The van der Waals surface area contributed by atoms with Crippen LogP contribution in [0.3, 0.4) is 0 Å². The van der Waals surface area contributed by atoms with Crippen LogP contribution >= 0.6 is 11.6 Å². The first kappa shape index (κ1) is 14.6. The van der Waals surface area contributed by atoms with Gasteiger partial charge in [0, 0.05) is 25.1 Å². The molecule has 1 aromatic carbocycles. The lowest BCUT2D eigenvalue weighted by Gasteiger charge is -2.17. The van der Waals surface area contributed by atoms with E-state index < -0.39 is 0 Å². The van der Waals surface area contributed by atoms with Crippen LogP contribution in [0.2, 0.25) is 5.15 Å². The highest BCUT2D eigenvalue weighted by Gasteiger charge is 2.11. The first-order valence-corrected chi connectivity index (χ1v) is 6.76. The summed E-state index contributed by atoms with van der Waals surface area (Å²) in [6.45, 7) is 0.769. The Balaban J connectivity index is 2.05. The largest absolute Gasteiger partial charge is 0.396 e. The SMILES string of the molecule is Nc1nc(Cl)cc(NCC(CCO)c2ccccc2)n1. The molecule has 0 fully saturated rings. The van der Waals surface area contributed by atoms with Crippen LogP contribution in [0.5, 0.6) is 0 Å². The van der Waals surface area contributed by atoms with Crippen molar-refractivity contribution in [3.63, 3.8) is 0 Å². The number of hydrogen-bond acceptors (Lipinski definition) is 5. The quantitative estimate of drug-likeness (QED) is 0.712. The minimum atomic E-state index is 0.133. The van der Waals surface area contributed by atoms with Crippen LogP contribution in [0.1, 0.15) is 17.9 Å². The number of aliphatic hydroxyl groups excluding tert-OH is 1. The molecule has 2 aromatic rings. The van der Waals surface area contributed by atoms with E-state index in [1.165, 1.54) is 5.56 Å². The zero-order chi connectivity index (χ0) is 14.4. The first-order valence-electron chi connectivity index (χ1n) is 6.39. The number of anilines is 2. The third-order valence-corrected chi connectivity index (χ3v) is 3.18. The molecule has 1 aromatic heterocycles. The summed E-state index contributed by atoms with van der Waals surface area (Å²) in [5.74, 6) is 0.913. The standard InChI is InChI=1S/C14H17ClN4O/c15-12-8-13(19-14(16)18-12)17-9-11(6-7-20)10-4-2-1-3-5-10/h1-5,8,11,20H,6-7,9H2,(H3,16,17,18,19). The zero-order valence-corrected chi connectivity index (χ0v) is 11.7. The third-order valence-electron chi connectivity index (χ3n) is 2.99. The highest BCUT2D eigenvalue weighted by atomic mass is 35.5. The van der Waals surface area contributed by atoms with Crippen molar-refractivity contribution in [2.24, 2.45) is 0 Å². The molecular formula is C14H17ClN4O. The van der Waals surface area contributed by atoms with Crippen molar-refractivity contribution in [2.45, 2.75) is 12.3 Å². The lowest BCUT2D eigenvalue weighted by molar-refractivity contribution is 0.277. The van der Waals surface area contributed by atoms with Crippen LogP contribution in [0.25, 0.3) is 0 Å². The molecule has 20 heavy (non-hydrogen) atoms. The van der Waals surface area contributed by atoms with E-state index in [0.717, 1.165) is 0 Å². The number of hydrogen-bond donors (Lipinski definition) is 3. The molecule has 0 saturated heterocycles. The van der Waals surface area contributed by atoms with E-state index in [9.17, 15) is 5.11 Å². The van der Waals surface area contributed by atoms with Crippen LogP contribution in [-0.2, 0) is 0 Å². The second-order valence-electron chi connectivity index (χ2n) is 4.43. The summed E-state index contributed by atoms with van der Waals surface area (Å²) in [6, 6.07) is 11.7. The molecule has 0 aliphatic rings. The molecule has 2 rings (SSSR count). The molecular weight excluding hydrogens is 276 g/mol. The Hall–Kier alpha value is -1.85. The normalized spacial score (nSPS) is 12.1. The summed E-state index contributed by atoms with van der Waals surface area (Å²) in [5, 5.41) is 12.7. The first-order chi connectivity index (χ1) is 9.69. The van der Waals surface area contributed by atoms with Gasteiger partial charge in [0.2, 0.25) is 5.95 Å². The van der Waals surface area contributed by atoms with Crippen LogP contribution in [0, 0.1) is 0 Å². The zero-order valence-electron chi connectivity index (χ0n) is 11.0. The Kier molecular flexibility index (Phi) is 5.15. The smallest absolute Gasteiger partial charge is 0.223 e. The predicted octanol–water partition coefficient (Wildman–Crippen LogP) is 2.29. The van der Waals surface area contributed by atoms with Crippen molar-refractivity contribution in [1.82, 2.24) is 9.97 Å². The van der Waals surface area contributed by atoms with Gasteiger partial charge in [0.25, 0.3) is 0 Å². The molecule has 0 spiro atoms. The average molecular weight is 293 g/mol. The molecule has 0 aliphatic carbocycles. The molecule has 0 radical (unpaired) electrons. The summed E-state index contributed by atoms with van der Waals surface area (Å²) in [6.07, 6.45) is 0.672. The molecule has 1 heterocycles. The second-order valence-corrected chi connectivity index (χ2v) is 4.82. The molecule has 0 saturated carbocycles. The van der Waals surface area contributed by atoms with E-state index in [1.54, 1.807) is 6.07 Å². The van der Waals surface area contributed by atoms with E-state index >= 15 is 0 Å². The lowest BCUT2D eigenvalue weighted by atomic mass is 9.96. The van der Waals surface area contributed by atoms with Crippen molar-refractivity contribution in [3.05, 3.63) is 47.1 Å². The van der Waals surface area contributed by atoms with Gasteiger partial charge >= 0.3 is 0 Å². The molecule has 1 unspecified atom stereocenters. The molecule has 4 N–H and O–H groups in total. The van der Waals surface area contributed by atoms with Gasteiger partial charge in [-0.05, 0) is 12.0 Å². The van der Waals surface area contributed by atoms with E-state index in [0.29, 0.717) is 23.9 Å². The number of benzene rings is 1. The maximum absolute atomic E-state index is 9.19. The lowest BCUT2D eigenvalue weighted by Crippen LogP contribution is -2.15. The Bertz CT molecular complexity index is 530. The molecule has 1 atom stereocenters. The minimum Gasteiger partial charge on any atom is -0.396 e. The van der Waals surface area contributed by atoms with Gasteiger partial charge < -0.3 is 16.2 Å². The summed E-state index contributed by atoms with van der Waals surface area (Å²) >= 11 is 5.83. The fourth-order valence-corrected chi connectivity index (χ4v) is 2.21.